The standard InChI is InChI=1S/C13H19NO3S2/c1-13(2,3)19(15,16)9-8-17-11-6-4-10(5-7-11)12(14)18/h4-7H,8-9H2,1-3H3,(H2,14,18). The summed E-state index contributed by atoms with van der Waals surface area (Å²) in [5.41, 5.74) is 6.23. The van der Waals surface area contributed by atoms with Crippen molar-refractivity contribution in [2.45, 2.75) is 25.5 Å². The first-order valence-corrected chi connectivity index (χ1v) is 7.94. The largest absolute Gasteiger partial charge is 0.493 e. The molecular weight excluding hydrogens is 282 g/mol. The van der Waals surface area contributed by atoms with E-state index in [0.717, 1.165) is 5.56 Å². The Labute approximate surface area is 119 Å². The molecule has 1 aromatic carbocycles. The molecule has 6 heteroatoms. The summed E-state index contributed by atoms with van der Waals surface area (Å²) in [5.74, 6) is 0.595. The summed E-state index contributed by atoms with van der Waals surface area (Å²) in [6.07, 6.45) is 0. The second-order valence-electron chi connectivity index (χ2n) is 5.17. The molecular formula is C13H19NO3S2. The Balaban J connectivity index is 2.57. The number of hydrogen-bond donors (Lipinski definition) is 1. The molecule has 0 aliphatic heterocycles. The molecule has 0 unspecified atom stereocenters. The Morgan fingerprint density at radius 3 is 2.21 bits per heavy atom. The summed E-state index contributed by atoms with van der Waals surface area (Å²) < 4.78 is 28.4. The second kappa shape index (κ2) is 5.88. The molecule has 19 heavy (non-hydrogen) atoms. The lowest BCUT2D eigenvalue weighted by Crippen LogP contribution is -2.32. The number of hydrogen-bond acceptors (Lipinski definition) is 4. The van der Waals surface area contributed by atoms with Gasteiger partial charge in [-0.05, 0) is 45.0 Å². The van der Waals surface area contributed by atoms with Gasteiger partial charge in [0.25, 0.3) is 0 Å². The summed E-state index contributed by atoms with van der Waals surface area (Å²) >= 11 is 4.84. The minimum atomic E-state index is -3.16. The summed E-state index contributed by atoms with van der Waals surface area (Å²) in [5, 5.41) is 0. The Hall–Kier alpha value is -1.14. The van der Waals surface area contributed by atoms with E-state index in [4.69, 9.17) is 22.7 Å². The van der Waals surface area contributed by atoms with Gasteiger partial charge in [-0.3, -0.25) is 0 Å². The van der Waals surface area contributed by atoms with Crippen molar-refractivity contribution in [2.75, 3.05) is 12.4 Å². The van der Waals surface area contributed by atoms with Crippen LogP contribution in [0, 0.1) is 0 Å². The predicted octanol–water partition coefficient (Wildman–Crippen LogP) is 1.91. The highest BCUT2D eigenvalue weighted by atomic mass is 32.2. The lowest BCUT2D eigenvalue weighted by atomic mass is 10.2. The van der Waals surface area contributed by atoms with Crippen molar-refractivity contribution >= 4 is 27.0 Å². The third-order valence-electron chi connectivity index (χ3n) is 2.69. The van der Waals surface area contributed by atoms with Crippen LogP contribution < -0.4 is 10.5 Å². The first-order valence-electron chi connectivity index (χ1n) is 5.88. The Morgan fingerprint density at radius 2 is 1.79 bits per heavy atom. The Bertz CT molecular complexity index is 542. The van der Waals surface area contributed by atoms with Crippen molar-refractivity contribution in [2.24, 2.45) is 5.73 Å². The highest BCUT2D eigenvalue weighted by molar-refractivity contribution is 7.92. The van der Waals surface area contributed by atoms with Crippen LogP contribution in [0.5, 0.6) is 5.75 Å². The van der Waals surface area contributed by atoms with Crippen molar-refractivity contribution in [1.29, 1.82) is 0 Å². The molecule has 0 heterocycles. The lowest BCUT2D eigenvalue weighted by molar-refractivity contribution is 0.339. The first-order chi connectivity index (χ1) is 8.63. The zero-order valence-corrected chi connectivity index (χ0v) is 13.0. The molecule has 0 bridgehead atoms. The fourth-order valence-electron chi connectivity index (χ4n) is 1.29. The molecule has 1 aromatic rings. The van der Waals surface area contributed by atoms with Gasteiger partial charge in [-0.25, -0.2) is 8.42 Å². The third kappa shape index (κ3) is 4.47. The van der Waals surface area contributed by atoms with E-state index in [0.29, 0.717) is 10.7 Å². The highest BCUT2D eigenvalue weighted by Crippen LogP contribution is 2.17. The van der Waals surface area contributed by atoms with Crippen LogP contribution in [-0.4, -0.2) is 30.5 Å². The maximum absolute atomic E-state index is 11.9. The van der Waals surface area contributed by atoms with Crippen molar-refractivity contribution in [3.63, 3.8) is 0 Å². The van der Waals surface area contributed by atoms with Crippen LogP contribution in [0.15, 0.2) is 24.3 Å². The van der Waals surface area contributed by atoms with E-state index in [9.17, 15) is 8.42 Å². The monoisotopic (exact) mass is 301 g/mol. The summed E-state index contributed by atoms with van der Waals surface area (Å²) in [6.45, 7) is 5.17. The van der Waals surface area contributed by atoms with E-state index in [1.807, 2.05) is 0 Å². The Morgan fingerprint density at radius 1 is 1.26 bits per heavy atom. The molecule has 0 atom stereocenters. The van der Waals surface area contributed by atoms with Gasteiger partial charge in [0.2, 0.25) is 0 Å². The SMILES string of the molecule is CC(C)(C)S(=O)(=O)CCOc1ccc(C(N)=S)cc1. The average molecular weight is 301 g/mol. The topological polar surface area (TPSA) is 69.4 Å². The molecule has 0 aliphatic carbocycles. The van der Waals surface area contributed by atoms with E-state index in [1.54, 1.807) is 45.0 Å². The number of rotatable bonds is 5. The van der Waals surface area contributed by atoms with Crippen molar-refractivity contribution in [3.05, 3.63) is 29.8 Å². The number of sulfone groups is 1. The normalized spacial score (nSPS) is 12.2. The quantitative estimate of drug-likeness (QED) is 0.841. The molecule has 2 N–H and O–H groups in total. The summed E-state index contributed by atoms with van der Waals surface area (Å²) in [7, 11) is -3.16. The van der Waals surface area contributed by atoms with Crippen molar-refractivity contribution in [3.8, 4) is 5.75 Å². The number of nitrogens with two attached hydrogens (primary N) is 1. The van der Waals surface area contributed by atoms with Crippen LogP contribution in [0.4, 0.5) is 0 Å². The summed E-state index contributed by atoms with van der Waals surface area (Å²) in [4.78, 5) is 0.321. The molecule has 0 fully saturated rings. The van der Waals surface area contributed by atoms with Crippen LogP contribution in [-0.2, 0) is 9.84 Å². The van der Waals surface area contributed by atoms with Gasteiger partial charge in [-0.2, -0.15) is 0 Å². The van der Waals surface area contributed by atoms with E-state index in [2.05, 4.69) is 0 Å². The molecule has 0 radical (unpaired) electrons. The number of ether oxygens (including phenoxy) is 1. The van der Waals surface area contributed by atoms with Crippen LogP contribution >= 0.6 is 12.2 Å². The lowest BCUT2D eigenvalue weighted by Gasteiger charge is -2.19. The molecule has 0 spiro atoms. The molecule has 0 saturated carbocycles. The van der Waals surface area contributed by atoms with Gasteiger partial charge in [0, 0.05) is 5.56 Å². The maximum atomic E-state index is 11.9. The molecule has 1 rings (SSSR count). The molecule has 0 aromatic heterocycles. The molecule has 0 aliphatic rings. The van der Waals surface area contributed by atoms with E-state index in [-0.39, 0.29) is 12.4 Å². The van der Waals surface area contributed by atoms with Gasteiger partial charge in [0.15, 0.2) is 9.84 Å². The zero-order valence-electron chi connectivity index (χ0n) is 11.3. The molecule has 106 valence electrons. The van der Waals surface area contributed by atoms with Crippen molar-refractivity contribution in [1.82, 2.24) is 0 Å². The molecule has 4 nitrogen and oxygen atoms in total. The zero-order chi connectivity index (χ0) is 14.7. The number of benzene rings is 1. The smallest absolute Gasteiger partial charge is 0.158 e. The van der Waals surface area contributed by atoms with Gasteiger partial charge in [0.1, 0.15) is 17.3 Å². The maximum Gasteiger partial charge on any atom is 0.158 e. The minimum absolute atomic E-state index is 0.00640. The average Bonchev–Trinajstić information content (AvgIpc) is 2.28. The van der Waals surface area contributed by atoms with Crippen molar-refractivity contribution < 1.29 is 13.2 Å². The minimum Gasteiger partial charge on any atom is -0.493 e. The first kappa shape index (κ1) is 15.9. The van der Waals surface area contributed by atoms with Crippen LogP contribution in [0.1, 0.15) is 26.3 Å². The van der Waals surface area contributed by atoms with E-state index < -0.39 is 14.6 Å². The predicted molar refractivity (Wildman–Crippen MR) is 81.4 cm³/mol. The highest BCUT2D eigenvalue weighted by Gasteiger charge is 2.28. The van der Waals surface area contributed by atoms with Gasteiger partial charge >= 0.3 is 0 Å². The van der Waals surface area contributed by atoms with Gasteiger partial charge < -0.3 is 10.5 Å². The van der Waals surface area contributed by atoms with Gasteiger partial charge in [0.05, 0.1) is 10.5 Å². The molecule has 0 amide bonds. The van der Waals surface area contributed by atoms with Crippen LogP contribution in [0.2, 0.25) is 0 Å². The second-order valence-corrected chi connectivity index (χ2v) is 8.47. The third-order valence-corrected chi connectivity index (χ3v) is 5.50. The summed E-state index contributed by atoms with van der Waals surface area (Å²) in [6, 6.07) is 6.93. The fraction of sp³-hybridized carbons (Fsp3) is 0.462. The van der Waals surface area contributed by atoms with Gasteiger partial charge in [-0.15, -0.1) is 0 Å². The Kier molecular flexibility index (Phi) is 4.92. The number of thiocarbonyl (C=S) groups is 1. The van der Waals surface area contributed by atoms with Crippen LogP contribution in [0.3, 0.4) is 0 Å². The van der Waals surface area contributed by atoms with E-state index in [1.165, 1.54) is 0 Å². The molecule has 0 saturated heterocycles. The van der Waals surface area contributed by atoms with Crippen LogP contribution in [0.25, 0.3) is 0 Å². The van der Waals surface area contributed by atoms with Gasteiger partial charge in [-0.1, -0.05) is 12.2 Å². The fourth-order valence-corrected chi connectivity index (χ4v) is 2.34. The van der Waals surface area contributed by atoms with E-state index >= 15 is 0 Å².